The van der Waals surface area contributed by atoms with E-state index in [0.29, 0.717) is 17.9 Å². The van der Waals surface area contributed by atoms with Gasteiger partial charge in [-0.15, -0.1) is 0 Å². The molecule has 2 heteroatoms. The minimum Gasteiger partial charge on any atom is -0.491 e. The molecule has 0 aromatic carbocycles. The maximum Gasteiger partial charge on any atom is 0.123 e. The van der Waals surface area contributed by atoms with Crippen molar-refractivity contribution in [3.63, 3.8) is 0 Å². The number of hydrogen-bond donors (Lipinski definition) is 0. The van der Waals surface area contributed by atoms with Gasteiger partial charge in [0.15, 0.2) is 0 Å². The van der Waals surface area contributed by atoms with E-state index in [1.165, 1.54) is 0 Å². The highest BCUT2D eigenvalue weighted by molar-refractivity contribution is 5.19. The molecule has 1 saturated heterocycles. The Morgan fingerprint density at radius 1 is 1.50 bits per heavy atom. The number of hydrogen-bond acceptors (Lipinski definition) is 2. The van der Waals surface area contributed by atoms with Gasteiger partial charge in [-0.3, -0.25) is 0 Å². The largest absolute Gasteiger partial charge is 0.491 e. The lowest BCUT2D eigenvalue weighted by molar-refractivity contribution is 0.144. The maximum atomic E-state index is 5.72. The van der Waals surface area contributed by atoms with Gasteiger partial charge >= 0.3 is 0 Å². The summed E-state index contributed by atoms with van der Waals surface area (Å²) in [5, 5.41) is 0. The first kappa shape index (κ1) is 11.7. The zero-order valence-electron chi connectivity index (χ0n) is 10.7. The van der Waals surface area contributed by atoms with Crippen molar-refractivity contribution < 1.29 is 9.47 Å². The molecular formula is C14H22O2. The molecule has 1 heterocycles. The minimum absolute atomic E-state index is 0.0183. The Labute approximate surface area is 98.3 Å². The number of rotatable bonds is 3. The molecule has 0 radical (unpaired) electrons. The molecule has 0 amide bonds. The van der Waals surface area contributed by atoms with Crippen LogP contribution in [-0.2, 0) is 9.47 Å². The number of allylic oxidation sites excluding steroid dienone is 3. The molecule has 2 atom stereocenters. The van der Waals surface area contributed by atoms with Crippen LogP contribution in [0.3, 0.4) is 0 Å². The second-order valence-electron chi connectivity index (χ2n) is 6.20. The van der Waals surface area contributed by atoms with Crippen LogP contribution in [0.15, 0.2) is 24.0 Å². The second-order valence-corrected chi connectivity index (χ2v) is 6.20. The Morgan fingerprint density at radius 3 is 2.62 bits per heavy atom. The maximum absolute atomic E-state index is 5.72. The van der Waals surface area contributed by atoms with Gasteiger partial charge in [-0.2, -0.15) is 0 Å². The third kappa shape index (κ3) is 2.88. The number of ether oxygens (including phenoxy) is 2. The fourth-order valence-electron chi connectivity index (χ4n) is 1.79. The van der Waals surface area contributed by atoms with E-state index >= 15 is 0 Å². The Bertz CT molecular complexity index is 316. The lowest BCUT2D eigenvalue weighted by Gasteiger charge is -2.29. The Hall–Kier alpha value is -0.760. The van der Waals surface area contributed by atoms with Crippen LogP contribution < -0.4 is 0 Å². The van der Waals surface area contributed by atoms with Gasteiger partial charge < -0.3 is 9.47 Å². The van der Waals surface area contributed by atoms with Crippen molar-refractivity contribution in [3.8, 4) is 0 Å². The molecule has 2 nitrogen and oxygen atoms in total. The smallest absolute Gasteiger partial charge is 0.123 e. The molecule has 0 aromatic heterocycles. The predicted molar refractivity (Wildman–Crippen MR) is 65.1 cm³/mol. The van der Waals surface area contributed by atoms with Crippen molar-refractivity contribution in [1.82, 2.24) is 0 Å². The Kier molecular flexibility index (Phi) is 2.87. The van der Waals surface area contributed by atoms with Crippen LogP contribution >= 0.6 is 0 Å². The average Bonchev–Trinajstić information content (AvgIpc) is 2.94. The molecule has 0 spiro atoms. The van der Waals surface area contributed by atoms with E-state index in [4.69, 9.17) is 9.47 Å². The van der Waals surface area contributed by atoms with Gasteiger partial charge in [0.25, 0.3) is 0 Å². The van der Waals surface area contributed by atoms with Gasteiger partial charge in [-0.05, 0) is 36.8 Å². The van der Waals surface area contributed by atoms with Gasteiger partial charge in [-0.25, -0.2) is 0 Å². The van der Waals surface area contributed by atoms with E-state index in [1.807, 2.05) is 0 Å². The molecule has 1 fully saturated rings. The van der Waals surface area contributed by atoms with Gasteiger partial charge in [0.2, 0.25) is 0 Å². The summed E-state index contributed by atoms with van der Waals surface area (Å²) in [5.74, 6) is 1.62. The van der Waals surface area contributed by atoms with Crippen LogP contribution in [0.5, 0.6) is 0 Å². The summed E-state index contributed by atoms with van der Waals surface area (Å²) < 4.78 is 11.0. The molecule has 2 unspecified atom stereocenters. The van der Waals surface area contributed by atoms with Crippen molar-refractivity contribution in [1.29, 1.82) is 0 Å². The van der Waals surface area contributed by atoms with Crippen molar-refractivity contribution in [2.45, 2.75) is 39.7 Å². The first-order valence-corrected chi connectivity index (χ1v) is 6.04. The summed E-state index contributed by atoms with van der Waals surface area (Å²) in [5.41, 5.74) is 0.319. The standard InChI is InChI=1S/C14H22O2/c1-13(2,3)11-5-7-12(8-6-11)15-9-14(4)10-16-14/h5,7-8,11H,6,9-10H2,1-4H3. The molecule has 0 saturated carbocycles. The van der Waals surface area contributed by atoms with Crippen molar-refractivity contribution in [2.75, 3.05) is 13.2 Å². The second kappa shape index (κ2) is 3.92. The highest BCUT2D eigenvalue weighted by Gasteiger charge is 2.40. The van der Waals surface area contributed by atoms with Crippen LogP contribution in [0.25, 0.3) is 0 Å². The third-order valence-corrected chi connectivity index (χ3v) is 3.36. The van der Waals surface area contributed by atoms with Crippen LogP contribution in [0.1, 0.15) is 34.1 Å². The monoisotopic (exact) mass is 222 g/mol. The highest BCUT2D eigenvalue weighted by Crippen LogP contribution is 2.34. The van der Waals surface area contributed by atoms with Crippen LogP contribution in [0.4, 0.5) is 0 Å². The van der Waals surface area contributed by atoms with E-state index in [0.717, 1.165) is 18.8 Å². The molecule has 1 aliphatic heterocycles. The predicted octanol–water partition coefficient (Wildman–Crippen LogP) is 3.30. The van der Waals surface area contributed by atoms with Gasteiger partial charge in [0.1, 0.15) is 18.0 Å². The molecule has 16 heavy (non-hydrogen) atoms. The van der Waals surface area contributed by atoms with E-state index in [-0.39, 0.29) is 5.60 Å². The summed E-state index contributed by atoms with van der Waals surface area (Å²) in [4.78, 5) is 0. The van der Waals surface area contributed by atoms with Gasteiger partial charge in [-0.1, -0.05) is 26.8 Å². The lowest BCUT2D eigenvalue weighted by Crippen LogP contribution is -2.20. The van der Waals surface area contributed by atoms with Crippen molar-refractivity contribution >= 4 is 0 Å². The molecule has 1 aliphatic carbocycles. The molecule has 2 rings (SSSR count). The van der Waals surface area contributed by atoms with Gasteiger partial charge in [0, 0.05) is 0 Å². The van der Waals surface area contributed by atoms with Crippen LogP contribution in [0.2, 0.25) is 0 Å². The first-order valence-electron chi connectivity index (χ1n) is 6.04. The molecule has 0 N–H and O–H groups in total. The minimum atomic E-state index is -0.0183. The zero-order chi connectivity index (χ0) is 11.8. The highest BCUT2D eigenvalue weighted by atomic mass is 16.6. The fraction of sp³-hybridized carbons (Fsp3) is 0.714. The Balaban J connectivity index is 1.82. The van der Waals surface area contributed by atoms with Crippen molar-refractivity contribution in [2.24, 2.45) is 11.3 Å². The topological polar surface area (TPSA) is 21.8 Å². The lowest BCUT2D eigenvalue weighted by atomic mass is 9.77. The molecular weight excluding hydrogens is 200 g/mol. The molecule has 0 aromatic rings. The van der Waals surface area contributed by atoms with E-state index in [1.54, 1.807) is 0 Å². The van der Waals surface area contributed by atoms with Crippen molar-refractivity contribution in [3.05, 3.63) is 24.0 Å². The normalized spacial score (nSPS) is 33.5. The Morgan fingerprint density at radius 2 is 2.19 bits per heavy atom. The summed E-state index contributed by atoms with van der Waals surface area (Å²) in [7, 11) is 0. The quantitative estimate of drug-likeness (QED) is 0.683. The zero-order valence-corrected chi connectivity index (χ0v) is 10.7. The van der Waals surface area contributed by atoms with Crippen LogP contribution in [-0.4, -0.2) is 18.8 Å². The summed E-state index contributed by atoms with van der Waals surface area (Å²) in [6.45, 7) is 10.4. The van der Waals surface area contributed by atoms with Crippen LogP contribution in [0, 0.1) is 11.3 Å². The van der Waals surface area contributed by atoms with E-state index in [2.05, 4.69) is 45.9 Å². The average molecular weight is 222 g/mol. The number of epoxide rings is 1. The molecule has 0 bridgehead atoms. The SMILES string of the molecule is CC1(COC2=CCC(C(C)(C)C)C=C2)CO1. The fourth-order valence-corrected chi connectivity index (χ4v) is 1.79. The van der Waals surface area contributed by atoms with Gasteiger partial charge in [0.05, 0.1) is 6.61 Å². The summed E-state index contributed by atoms with van der Waals surface area (Å²) >= 11 is 0. The van der Waals surface area contributed by atoms with E-state index in [9.17, 15) is 0 Å². The molecule has 2 aliphatic rings. The molecule has 90 valence electrons. The third-order valence-electron chi connectivity index (χ3n) is 3.36. The summed E-state index contributed by atoms with van der Waals surface area (Å²) in [6.07, 6.45) is 7.64. The van der Waals surface area contributed by atoms with E-state index < -0.39 is 0 Å². The first-order chi connectivity index (χ1) is 7.39. The summed E-state index contributed by atoms with van der Waals surface area (Å²) in [6, 6.07) is 0.